The monoisotopic (exact) mass is 393 g/mol. The van der Waals surface area contributed by atoms with E-state index in [9.17, 15) is 9.18 Å². The molecule has 8 heteroatoms. The molecule has 1 amide bonds. The Hall–Kier alpha value is -2.57. The van der Waals surface area contributed by atoms with E-state index in [1.807, 2.05) is 6.07 Å². The topological polar surface area (TPSA) is 56.1 Å². The number of carbonyl (C=O) groups is 1. The van der Waals surface area contributed by atoms with Gasteiger partial charge in [-0.15, -0.1) is 0 Å². The first kappa shape index (κ1) is 18.2. The third-order valence-electron chi connectivity index (χ3n) is 3.72. The van der Waals surface area contributed by atoms with Crippen molar-refractivity contribution in [3.8, 4) is 5.75 Å². The average Bonchev–Trinajstić information content (AvgIpc) is 3.05. The maximum Gasteiger partial charge on any atom is 0.256 e. The lowest BCUT2D eigenvalue weighted by Gasteiger charge is -2.11. The highest BCUT2D eigenvalue weighted by Crippen LogP contribution is 2.27. The van der Waals surface area contributed by atoms with E-state index in [0.717, 1.165) is 11.6 Å². The zero-order valence-corrected chi connectivity index (χ0v) is 15.2. The molecular weight excluding hydrogens is 380 g/mol. The maximum absolute atomic E-state index is 13.8. The number of carbonyl (C=O) groups excluding carboxylic acids is 1. The van der Waals surface area contributed by atoms with Crippen molar-refractivity contribution in [2.24, 2.45) is 0 Å². The van der Waals surface area contributed by atoms with Crippen molar-refractivity contribution in [1.82, 2.24) is 9.78 Å². The highest BCUT2D eigenvalue weighted by atomic mass is 35.5. The van der Waals surface area contributed by atoms with E-state index in [1.54, 1.807) is 29.1 Å². The van der Waals surface area contributed by atoms with Gasteiger partial charge in [-0.2, -0.15) is 5.10 Å². The van der Waals surface area contributed by atoms with E-state index in [-0.39, 0.29) is 11.3 Å². The molecule has 0 unspecified atom stereocenters. The molecule has 0 aliphatic heterocycles. The quantitative estimate of drug-likeness (QED) is 0.686. The number of benzene rings is 2. The lowest BCUT2D eigenvalue weighted by atomic mass is 10.2. The number of halogens is 3. The SMILES string of the molecule is COc1ccc(C(=O)Nc2ccnn2Cc2cccc(Cl)c2Cl)cc1F. The highest BCUT2D eigenvalue weighted by Gasteiger charge is 2.14. The van der Waals surface area contributed by atoms with E-state index >= 15 is 0 Å². The largest absolute Gasteiger partial charge is 0.494 e. The van der Waals surface area contributed by atoms with Crippen LogP contribution in [0.25, 0.3) is 0 Å². The fourth-order valence-corrected chi connectivity index (χ4v) is 2.77. The number of aromatic nitrogens is 2. The lowest BCUT2D eigenvalue weighted by molar-refractivity contribution is 0.102. The van der Waals surface area contributed by atoms with Gasteiger partial charge < -0.3 is 10.1 Å². The van der Waals surface area contributed by atoms with Crippen LogP contribution in [0.15, 0.2) is 48.7 Å². The van der Waals surface area contributed by atoms with Crippen LogP contribution in [-0.4, -0.2) is 22.8 Å². The molecule has 0 atom stereocenters. The Morgan fingerprint density at radius 1 is 1.27 bits per heavy atom. The Morgan fingerprint density at radius 3 is 2.81 bits per heavy atom. The minimum absolute atomic E-state index is 0.0715. The van der Waals surface area contributed by atoms with Gasteiger partial charge in [0.1, 0.15) is 5.82 Å². The molecule has 1 N–H and O–H groups in total. The zero-order valence-electron chi connectivity index (χ0n) is 13.7. The number of anilines is 1. The summed E-state index contributed by atoms with van der Waals surface area (Å²) in [6, 6.07) is 10.9. The fraction of sp³-hybridized carbons (Fsp3) is 0.111. The second-order valence-corrected chi connectivity index (χ2v) is 6.18. The van der Waals surface area contributed by atoms with E-state index < -0.39 is 11.7 Å². The summed E-state index contributed by atoms with van der Waals surface area (Å²) in [6.45, 7) is 0.318. The third kappa shape index (κ3) is 3.81. The van der Waals surface area contributed by atoms with Crippen LogP contribution in [0.3, 0.4) is 0 Å². The molecule has 2 aromatic carbocycles. The number of rotatable bonds is 5. The van der Waals surface area contributed by atoms with Crippen molar-refractivity contribution in [3.63, 3.8) is 0 Å². The van der Waals surface area contributed by atoms with Gasteiger partial charge in [-0.05, 0) is 29.8 Å². The van der Waals surface area contributed by atoms with Crippen LogP contribution in [0.5, 0.6) is 5.75 Å². The predicted molar refractivity (Wildman–Crippen MR) is 98.7 cm³/mol. The van der Waals surface area contributed by atoms with E-state index in [4.69, 9.17) is 27.9 Å². The lowest BCUT2D eigenvalue weighted by Crippen LogP contribution is -2.16. The van der Waals surface area contributed by atoms with Crippen molar-refractivity contribution >= 4 is 34.9 Å². The van der Waals surface area contributed by atoms with Gasteiger partial charge in [0.15, 0.2) is 11.6 Å². The van der Waals surface area contributed by atoms with Crippen molar-refractivity contribution in [2.45, 2.75) is 6.54 Å². The summed E-state index contributed by atoms with van der Waals surface area (Å²) in [5.41, 5.74) is 0.922. The Balaban J connectivity index is 1.79. The molecular formula is C18H14Cl2FN3O2. The van der Waals surface area contributed by atoms with E-state index in [0.29, 0.717) is 22.4 Å². The van der Waals surface area contributed by atoms with Gasteiger partial charge in [-0.1, -0.05) is 35.3 Å². The molecule has 0 saturated heterocycles. The Morgan fingerprint density at radius 2 is 2.08 bits per heavy atom. The van der Waals surface area contributed by atoms with Crippen LogP contribution < -0.4 is 10.1 Å². The summed E-state index contributed by atoms with van der Waals surface area (Å²) in [5.74, 6) is -0.561. The van der Waals surface area contributed by atoms with Gasteiger partial charge in [0, 0.05) is 11.6 Å². The summed E-state index contributed by atoms with van der Waals surface area (Å²) < 4.78 is 20.2. The first-order chi connectivity index (χ1) is 12.5. The number of hydrogen-bond donors (Lipinski definition) is 1. The van der Waals surface area contributed by atoms with Gasteiger partial charge >= 0.3 is 0 Å². The molecule has 0 fully saturated rings. The number of nitrogens with one attached hydrogen (secondary N) is 1. The van der Waals surface area contributed by atoms with Crippen LogP contribution in [0.2, 0.25) is 10.0 Å². The second-order valence-electron chi connectivity index (χ2n) is 5.39. The summed E-state index contributed by atoms with van der Waals surface area (Å²) in [5, 5.41) is 7.75. The van der Waals surface area contributed by atoms with Gasteiger partial charge in [-0.25, -0.2) is 9.07 Å². The van der Waals surface area contributed by atoms with E-state index in [1.165, 1.54) is 19.2 Å². The summed E-state index contributed by atoms with van der Waals surface area (Å²) in [6.07, 6.45) is 1.54. The number of amides is 1. The molecule has 1 aromatic heterocycles. The molecule has 0 aliphatic rings. The fourth-order valence-electron chi connectivity index (χ4n) is 2.39. The zero-order chi connectivity index (χ0) is 18.7. The molecule has 0 spiro atoms. The molecule has 1 heterocycles. The minimum atomic E-state index is -0.612. The van der Waals surface area contributed by atoms with Crippen molar-refractivity contribution in [3.05, 3.63) is 75.7 Å². The summed E-state index contributed by atoms with van der Waals surface area (Å²) in [7, 11) is 1.36. The van der Waals surface area contributed by atoms with Gasteiger partial charge in [0.25, 0.3) is 5.91 Å². The Bertz CT molecular complexity index is 959. The van der Waals surface area contributed by atoms with Crippen LogP contribution in [0.1, 0.15) is 15.9 Å². The molecule has 3 aromatic rings. The molecule has 0 bridgehead atoms. The third-order valence-corrected chi connectivity index (χ3v) is 4.58. The number of hydrogen-bond acceptors (Lipinski definition) is 3. The molecule has 3 rings (SSSR count). The van der Waals surface area contributed by atoms with Crippen molar-refractivity contribution < 1.29 is 13.9 Å². The van der Waals surface area contributed by atoms with E-state index in [2.05, 4.69) is 10.4 Å². The Kier molecular flexibility index (Phi) is 5.44. The van der Waals surface area contributed by atoms with Crippen molar-refractivity contribution in [1.29, 1.82) is 0 Å². The summed E-state index contributed by atoms with van der Waals surface area (Å²) in [4.78, 5) is 12.4. The first-order valence-electron chi connectivity index (χ1n) is 7.59. The number of methoxy groups -OCH3 is 1. The number of nitrogens with zero attached hydrogens (tertiary/aromatic N) is 2. The minimum Gasteiger partial charge on any atom is -0.494 e. The highest BCUT2D eigenvalue weighted by molar-refractivity contribution is 6.42. The Labute approximate surface area is 159 Å². The molecule has 0 aliphatic carbocycles. The molecule has 134 valence electrons. The van der Waals surface area contributed by atoms with Gasteiger partial charge in [-0.3, -0.25) is 4.79 Å². The molecule has 5 nitrogen and oxygen atoms in total. The number of ether oxygens (including phenoxy) is 1. The second kappa shape index (κ2) is 7.76. The van der Waals surface area contributed by atoms with Gasteiger partial charge in [0.2, 0.25) is 0 Å². The van der Waals surface area contributed by atoms with Crippen LogP contribution in [-0.2, 0) is 6.54 Å². The van der Waals surface area contributed by atoms with Gasteiger partial charge in [0.05, 0.1) is 29.9 Å². The average molecular weight is 394 g/mol. The summed E-state index contributed by atoms with van der Waals surface area (Å²) >= 11 is 12.2. The molecule has 26 heavy (non-hydrogen) atoms. The standard InChI is InChI=1S/C18H14Cl2FN3O2/c1-26-15-6-5-11(9-14(15)21)18(25)23-16-7-8-22-24(16)10-12-3-2-4-13(19)17(12)20/h2-9H,10H2,1H3,(H,23,25). The molecule has 0 radical (unpaired) electrons. The first-order valence-corrected chi connectivity index (χ1v) is 8.35. The predicted octanol–water partition coefficient (Wildman–Crippen LogP) is 4.64. The van der Waals surface area contributed by atoms with Crippen LogP contribution in [0.4, 0.5) is 10.2 Å². The van der Waals surface area contributed by atoms with Crippen LogP contribution in [0, 0.1) is 5.82 Å². The van der Waals surface area contributed by atoms with Crippen LogP contribution >= 0.6 is 23.2 Å². The molecule has 0 saturated carbocycles. The smallest absolute Gasteiger partial charge is 0.256 e. The maximum atomic E-state index is 13.8. The van der Waals surface area contributed by atoms with Crippen molar-refractivity contribution in [2.75, 3.05) is 12.4 Å². The normalized spacial score (nSPS) is 10.6.